The summed E-state index contributed by atoms with van der Waals surface area (Å²) in [6, 6.07) is 3.80. The predicted molar refractivity (Wildman–Crippen MR) is 78.4 cm³/mol. The van der Waals surface area contributed by atoms with Gasteiger partial charge in [-0.05, 0) is 43.9 Å². The summed E-state index contributed by atoms with van der Waals surface area (Å²) in [5, 5.41) is 2.74. The number of rotatable bonds is 2. The van der Waals surface area contributed by atoms with Crippen molar-refractivity contribution >= 4 is 21.4 Å². The van der Waals surface area contributed by atoms with Crippen LogP contribution in [-0.4, -0.2) is 26.9 Å². The molecule has 4 rings (SSSR count). The van der Waals surface area contributed by atoms with Gasteiger partial charge in [0.1, 0.15) is 5.82 Å². The summed E-state index contributed by atoms with van der Waals surface area (Å²) in [6.07, 6.45) is 3.08. The van der Waals surface area contributed by atoms with Crippen molar-refractivity contribution in [1.82, 2.24) is 5.32 Å². The fourth-order valence-corrected chi connectivity index (χ4v) is 4.87. The number of sulfone groups is 1. The van der Waals surface area contributed by atoms with E-state index in [1.165, 1.54) is 12.1 Å². The summed E-state index contributed by atoms with van der Waals surface area (Å²) < 4.78 is 39.2. The molecular weight excluding hydrogens is 307 g/mol. The van der Waals surface area contributed by atoms with E-state index < -0.39 is 21.6 Å². The summed E-state index contributed by atoms with van der Waals surface area (Å²) in [6.45, 7) is 0.643. The van der Waals surface area contributed by atoms with Gasteiger partial charge in [0.15, 0.2) is 4.91 Å². The van der Waals surface area contributed by atoms with Gasteiger partial charge in [-0.15, -0.1) is 0 Å². The Hall–Kier alpha value is -1.89. The number of carbonyl (C=O) groups is 1. The van der Waals surface area contributed by atoms with Crippen LogP contribution in [0.4, 0.5) is 10.1 Å². The highest BCUT2D eigenvalue weighted by Gasteiger charge is 2.42. The lowest BCUT2D eigenvalue weighted by Gasteiger charge is -2.30. The molecule has 0 atom stereocenters. The molecule has 5 nitrogen and oxygen atoms in total. The predicted octanol–water partition coefficient (Wildman–Crippen LogP) is 1.70. The van der Waals surface area contributed by atoms with Crippen molar-refractivity contribution in [1.29, 1.82) is 0 Å². The van der Waals surface area contributed by atoms with Crippen LogP contribution in [0, 0.1) is 5.82 Å². The van der Waals surface area contributed by atoms with Crippen LogP contribution in [-0.2, 0) is 14.6 Å². The van der Waals surface area contributed by atoms with Crippen LogP contribution in [0.1, 0.15) is 25.7 Å². The van der Waals surface area contributed by atoms with Gasteiger partial charge in [0.05, 0.1) is 10.6 Å². The highest BCUT2D eigenvalue weighted by molar-refractivity contribution is 7.96. The standard InChI is InChI=1S/C15H15FN2O3S/c16-9-3-6-11-13(8-9)22(20,21)14(12-2-1-7-18(11)12)15(19)17-10-4-5-10/h3,6,8,10H,1-2,4-5,7H2,(H,17,19). The third kappa shape index (κ3) is 1.95. The molecule has 0 unspecified atom stereocenters. The van der Waals surface area contributed by atoms with Crippen LogP contribution in [0.25, 0.3) is 0 Å². The minimum atomic E-state index is -3.99. The van der Waals surface area contributed by atoms with E-state index in [9.17, 15) is 17.6 Å². The largest absolute Gasteiger partial charge is 0.349 e. The van der Waals surface area contributed by atoms with Gasteiger partial charge in [0.25, 0.3) is 5.91 Å². The summed E-state index contributed by atoms with van der Waals surface area (Å²) in [7, 11) is -3.99. The van der Waals surface area contributed by atoms with Gasteiger partial charge < -0.3 is 10.2 Å². The van der Waals surface area contributed by atoms with Crippen LogP contribution in [0.3, 0.4) is 0 Å². The second-order valence-electron chi connectivity index (χ2n) is 5.89. The van der Waals surface area contributed by atoms with E-state index in [0.29, 0.717) is 24.4 Å². The Morgan fingerprint density at radius 3 is 2.82 bits per heavy atom. The lowest BCUT2D eigenvalue weighted by molar-refractivity contribution is -0.117. The Morgan fingerprint density at radius 1 is 1.32 bits per heavy atom. The Kier molecular flexibility index (Phi) is 2.84. The van der Waals surface area contributed by atoms with E-state index in [2.05, 4.69) is 5.32 Å². The average molecular weight is 322 g/mol. The number of anilines is 1. The molecule has 3 aliphatic rings. The lowest BCUT2D eigenvalue weighted by atomic mass is 10.2. The van der Waals surface area contributed by atoms with E-state index >= 15 is 0 Å². The van der Waals surface area contributed by atoms with Gasteiger partial charge in [-0.25, -0.2) is 12.8 Å². The second-order valence-corrected chi connectivity index (χ2v) is 7.75. The lowest BCUT2D eigenvalue weighted by Crippen LogP contribution is -2.36. The molecule has 1 aromatic carbocycles. The number of fused-ring (bicyclic) bond motifs is 3. The van der Waals surface area contributed by atoms with Crippen molar-refractivity contribution in [2.45, 2.75) is 36.6 Å². The van der Waals surface area contributed by atoms with Crippen LogP contribution >= 0.6 is 0 Å². The minimum absolute atomic E-state index is 0.0690. The zero-order chi connectivity index (χ0) is 15.5. The highest BCUT2D eigenvalue weighted by Crippen LogP contribution is 2.43. The van der Waals surface area contributed by atoms with E-state index in [1.807, 2.05) is 4.90 Å². The fourth-order valence-electron chi connectivity index (χ4n) is 3.10. The molecule has 7 heteroatoms. The molecule has 22 heavy (non-hydrogen) atoms. The Bertz CT molecular complexity index is 812. The quantitative estimate of drug-likeness (QED) is 0.900. The normalized spacial score (nSPS) is 22.3. The SMILES string of the molecule is O=C(NC1CC1)C1=C2CCCN2c2ccc(F)cc2S1(=O)=O. The van der Waals surface area contributed by atoms with Gasteiger partial charge in [-0.2, -0.15) is 0 Å². The number of amides is 1. The summed E-state index contributed by atoms with van der Waals surface area (Å²) in [5.74, 6) is -1.17. The topological polar surface area (TPSA) is 66.5 Å². The molecule has 2 fully saturated rings. The van der Waals surface area contributed by atoms with Crippen LogP contribution in [0.15, 0.2) is 33.7 Å². The van der Waals surface area contributed by atoms with Gasteiger partial charge in [-0.3, -0.25) is 4.79 Å². The molecular formula is C15H15FN2O3S. The van der Waals surface area contributed by atoms with E-state index in [1.54, 1.807) is 0 Å². The zero-order valence-electron chi connectivity index (χ0n) is 11.8. The van der Waals surface area contributed by atoms with Gasteiger partial charge in [0.2, 0.25) is 9.84 Å². The Labute approximate surface area is 127 Å². The third-order valence-corrected chi connectivity index (χ3v) is 6.14. The van der Waals surface area contributed by atoms with Crippen molar-refractivity contribution in [3.63, 3.8) is 0 Å². The van der Waals surface area contributed by atoms with Crippen LogP contribution in [0.5, 0.6) is 0 Å². The van der Waals surface area contributed by atoms with E-state index in [0.717, 1.165) is 25.3 Å². The van der Waals surface area contributed by atoms with Crippen molar-refractivity contribution < 1.29 is 17.6 Å². The maximum absolute atomic E-state index is 13.5. The maximum atomic E-state index is 13.5. The first-order chi connectivity index (χ1) is 10.5. The first kappa shape index (κ1) is 13.8. The molecule has 1 N–H and O–H groups in total. The number of allylic oxidation sites excluding steroid dienone is 1. The molecule has 1 saturated carbocycles. The molecule has 0 spiro atoms. The van der Waals surface area contributed by atoms with Crippen LogP contribution in [0.2, 0.25) is 0 Å². The molecule has 1 aromatic rings. The van der Waals surface area contributed by atoms with Gasteiger partial charge in [-0.1, -0.05) is 0 Å². The molecule has 0 radical (unpaired) electrons. The summed E-state index contributed by atoms with van der Waals surface area (Å²) in [5.41, 5.74) is 1.01. The van der Waals surface area contributed by atoms with Crippen molar-refractivity contribution in [3.8, 4) is 0 Å². The summed E-state index contributed by atoms with van der Waals surface area (Å²) >= 11 is 0. The molecule has 1 saturated heterocycles. The average Bonchev–Trinajstić information content (AvgIpc) is 3.13. The number of hydrogen-bond acceptors (Lipinski definition) is 4. The fraction of sp³-hybridized carbons (Fsp3) is 0.400. The molecule has 0 bridgehead atoms. The van der Waals surface area contributed by atoms with E-state index in [4.69, 9.17) is 0 Å². The zero-order valence-corrected chi connectivity index (χ0v) is 12.6. The second kappa shape index (κ2) is 4.55. The number of nitrogens with zero attached hydrogens (tertiary/aromatic N) is 1. The van der Waals surface area contributed by atoms with Gasteiger partial charge in [0, 0.05) is 18.3 Å². The van der Waals surface area contributed by atoms with Crippen molar-refractivity contribution in [2.24, 2.45) is 0 Å². The summed E-state index contributed by atoms with van der Waals surface area (Å²) in [4.78, 5) is 14.0. The highest BCUT2D eigenvalue weighted by atomic mass is 32.2. The Balaban J connectivity index is 1.90. The maximum Gasteiger partial charge on any atom is 0.265 e. The number of hydrogen-bond donors (Lipinski definition) is 1. The minimum Gasteiger partial charge on any atom is -0.349 e. The number of nitrogens with one attached hydrogen (secondary N) is 1. The Morgan fingerprint density at radius 2 is 2.09 bits per heavy atom. The van der Waals surface area contributed by atoms with Crippen molar-refractivity contribution in [3.05, 3.63) is 34.6 Å². The smallest absolute Gasteiger partial charge is 0.265 e. The van der Waals surface area contributed by atoms with E-state index in [-0.39, 0.29) is 15.8 Å². The molecule has 0 aromatic heterocycles. The number of halogens is 1. The van der Waals surface area contributed by atoms with Crippen molar-refractivity contribution in [2.75, 3.05) is 11.4 Å². The first-order valence-corrected chi connectivity index (χ1v) is 8.83. The first-order valence-electron chi connectivity index (χ1n) is 7.34. The molecule has 1 aliphatic carbocycles. The molecule has 116 valence electrons. The number of benzene rings is 1. The van der Waals surface area contributed by atoms with Gasteiger partial charge >= 0.3 is 0 Å². The number of carbonyl (C=O) groups excluding carboxylic acids is 1. The monoisotopic (exact) mass is 322 g/mol. The van der Waals surface area contributed by atoms with Crippen LogP contribution < -0.4 is 10.2 Å². The third-order valence-electron chi connectivity index (χ3n) is 4.27. The molecule has 2 heterocycles. The molecule has 1 amide bonds. The molecule has 2 aliphatic heterocycles.